The molecule has 0 unspecified atom stereocenters. The van der Waals surface area contributed by atoms with Crippen molar-refractivity contribution < 1.29 is 20.1 Å². The third-order valence-corrected chi connectivity index (χ3v) is 1.37. The van der Waals surface area contributed by atoms with Crippen LogP contribution in [0.1, 0.15) is 0 Å². The molecule has 1 fully saturated rings. The molecule has 4 heteroatoms. The highest BCUT2D eigenvalue weighted by molar-refractivity contribution is 4.78. The highest BCUT2D eigenvalue weighted by Crippen LogP contribution is 2.07. The SMILES string of the molecule is OC1[C@@H](O)COC[C@@H]1O. The molecule has 1 aliphatic heterocycles. The van der Waals surface area contributed by atoms with Crippen LogP contribution in [-0.4, -0.2) is 46.8 Å². The van der Waals surface area contributed by atoms with Gasteiger partial charge in [-0.3, -0.25) is 0 Å². The molecule has 0 aromatic carbocycles. The Morgan fingerprint density at radius 3 is 1.78 bits per heavy atom. The molecule has 9 heavy (non-hydrogen) atoms. The summed E-state index contributed by atoms with van der Waals surface area (Å²) in [6.45, 7) is 0.219. The Hall–Kier alpha value is -0.160. The molecular formula is C5H10O4. The number of hydrogen-bond acceptors (Lipinski definition) is 4. The normalized spacial score (nSPS) is 39.0. The summed E-state index contributed by atoms with van der Waals surface area (Å²) in [5, 5.41) is 26.5. The average Bonchev–Trinajstić information content (AvgIpc) is 1.83. The van der Waals surface area contributed by atoms with E-state index in [0.717, 1.165) is 0 Å². The summed E-state index contributed by atoms with van der Waals surface area (Å²) >= 11 is 0. The molecule has 1 saturated heterocycles. The van der Waals surface area contributed by atoms with Gasteiger partial charge in [0.1, 0.15) is 18.3 Å². The Balaban J connectivity index is 2.41. The molecular weight excluding hydrogens is 124 g/mol. The minimum Gasteiger partial charge on any atom is -0.388 e. The maximum atomic E-state index is 8.87. The van der Waals surface area contributed by atoms with Crippen molar-refractivity contribution in [1.29, 1.82) is 0 Å². The Bertz CT molecular complexity index is 85.0. The van der Waals surface area contributed by atoms with E-state index in [4.69, 9.17) is 20.1 Å². The maximum absolute atomic E-state index is 8.87. The van der Waals surface area contributed by atoms with Crippen molar-refractivity contribution >= 4 is 0 Å². The molecule has 0 spiro atoms. The fourth-order valence-electron chi connectivity index (χ4n) is 0.763. The summed E-state index contributed by atoms with van der Waals surface area (Å²) in [6.07, 6.45) is -2.92. The Morgan fingerprint density at radius 1 is 1.00 bits per heavy atom. The maximum Gasteiger partial charge on any atom is 0.110 e. The van der Waals surface area contributed by atoms with E-state index >= 15 is 0 Å². The van der Waals surface area contributed by atoms with Gasteiger partial charge in [0.25, 0.3) is 0 Å². The van der Waals surface area contributed by atoms with Gasteiger partial charge >= 0.3 is 0 Å². The van der Waals surface area contributed by atoms with Crippen LogP contribution in [0.25, 0.3) is 0 Å². The van der Waals surface area contributed by atoms with Gasteiger partial charge in [0, 0.05) is 0 Å². The van der Waals surface area contributed by atoms with Crippen LogP contribution < -0.4 is 0 Å². The summed E-state index contributed by atoms with van der Waals surface area (Å²) < 4.78 is 4.70. The fourth-order valence-corrected chi connectivity index (χ4v) is 0.763. The van der Waals surface area contributed by atoms with Crippen LogP contribution in [0.4, 0.5) is 0 Å². The molecule has 3 N–H and O–H groups in total. The van der Waals surface area contributed by atoms with Crippen LogP contribution in [-0.2, 0) is 4.74 Å². The smallest absolute Gasteiger partial charge is 0.110 e. The third-order valence-electron chi connectivity index (χ3n) is 1.37. The monoisotopic (exact) mass is 134 g/mol. The van der Waals surface area contributed by atoms with E-state index in [-0.39, 0.29) is 13.2 Å². The Kier molecular flexibility index (Phi) is 2.02. The summed E-state index contributed by atoms with van der Waals surface area (Å²) in [6, 6.07) is 0. The van der Waals surface area contributed by atoms with E-state index in [1.54, 1.807) is 0 Å². The number of aliphatic hydroxyl groups is 3. The lowest BCUT2D eigenvalue weighted by atomic mass is 10.1. The Labute approximate surface area is 52.7 Å². The van der Waals surface area contributed by atoms with Gasteiger partial charge in [-0.05, 0) is 0 Å². The summed E-state index contributed by atoms with van der Waals surface area (Å²) in [4.78, 5) is 0. The molecule has 2 atom stereocenters. The van der Waals surface area contributed by atoms with Crippen LogP contribution in [0.3, 0.4) is 0 Å². The van der Waals surface area contributed by atoms with Crippen molar-refractivity contribution in [2.24, 2.45) is 0 Å². The second-order valence-electron chi connectivity index (χ2n) is 2.16. The highest BCUT2D eigenvalue weighted by Gasteiger charge is 2.29. The largest absolute Gasteiger partial charge is 0.388 e. The molecule has 1 aliphatic rings. The van der Waals surface area contributed by atoms with Gasteiger partial charge in [-0.2, -0.15) is 0 Å². The first kappa shape index (κ1) is 6.95. The second-order valence-corrected chi connectivity index (χ2v) is 2.16. The van der Waals surface area contributed by atoms with Crippen LogP contribution in [0.15, 0.2) is 0 Å². The van der Waals surface area contributed by atoms with Gasteiger partial charge in [0.05, 0.1) is 13.2 Å². The first-order valence-electron chi connectivity index (χ1n) is 2.84. The quantitative estimate of drug-likeness (QED) is 0.362. The number of rotatable bonds is 0. The van der Waals surface area contributed by atoms with Crippen molar-refractivity contribution in [2.45, 2.75) is 18.3 Å². The molecule has 0 saturated carbocycles. The van der Waals surface area contributed by atoms with Crippen LogP contribution in [0.5, 0.6) is 0 Å². The van der Waals surface area contributed by atoms with E-state index in [9.17, 15) is 0 Å². The van der Waals surface area contributed by atoms with Crippen LogP contribution >= 0.6 is 0 Å². The van der Waals surface area contributed by atoms with Gasteiger partial charge < -0.3 is 20.1 Å². The highest BCUT2D eigenvalue weighted by atomic mass is 16.5. The summed E-state index contributed by atoms with van der Waals surface area (Å²) in [5.74, 6) is 0. The lowest BCUT2D eigenvalue weighted by Crippen LogP contribution is -2.47. The first-order valence-corrected chi connectivity index (χ1v) is 2.84. The molecule has 0 aromatic heterocycles. The molecule has 1 heterocycles. The van der Waals surface area contributed by atoms with Crippen LogP contribution in [0.2, 0.25) is 0 Å². The molecule has 0 aromatic rings. The second kappa shape index (κ2) is 2.62. The average molecular weight is 134 g/mol. The van der Waals surface area contributed by atoms with E-state index < -0.39 is 18.3 Å². The number of hydrogen-bond donors (Lipinski definition) is 3. The topological polar surface area (TPSA) is 69.9 Å². The van der Waals surface area contributed by atoms with Gasteiger partial charge in [-0.15, -0.1) is 0 Å². The standard InChI is InChI=1S/C5H10O4/c6-3-1-9-2-4(7)5(3)8/h3-8H,1-2H2/t3-,4-/m0/s1. The number of aliphatic hydroxyl groups excluding tert-OH is 3. The predicted octanol–water partition coefficient (Wildman–Crippen LogP) is -1.90. The summed E-state index contributed by atoms with van der Waals surface area (Å²) in [7, 11) is 0. The van der Waals surface area contributed by atoms with Crippen molar-refractivity contribution in [3.8, 4) is 0 Å². The zero-order valence-corrected chi connectivity index (χ0v) is 4.90. The molecule has 0 bridgehead atoms. The van der Waals surface area contributed by atoms with Gasteiger partial charge in [-0.25, -0.2) is 0 Å². The van der Waals surface area contributed by atoms with Crippen LogP contribution in [0, 0.1) is 0 Å². The van der Waals surface area contributed by atoms with Crippen molar-refractivity contribution in [3.63, 3.8) is 0 Å². The van der Waals surface area contributed by atoms with Crippen molar-refractivity contribution in [2.75, 3.05) is 13.2 Å². The minimum absolute atomic E-state index is 0.109. The fraction of sp³-hybridized carbons (Fsp3) is 1.00. The Morgan fingerprint density at radius 2 is 1.44 bits per heavy atom. The molecule has 4 nitrogen and oxygen atoms in total. The first-order chi connectivity index (χ1) is 4.22. The van der Waals surface area contributed by atoms with Crippen molar-refractivity contribution in [3.05, 3.63) is 0 Å². The minimum atomic E-state index is -1.04. The molecule has 54 valence electrons. The lowest BCUT2D eigenvalue weighted by molar-refractivity contribution is -0.150. The third kappa shape index (κ3) is 1.40. The zero-order chi connectivity index (χ0) is 6.85. The molecule has 1 rings (SSSR count). The van der Waals surface area contributed by atoms with Crippen molar-refractivity contribution in [1.82, 2.24) is 0 Å². The van der Waals surface area contributed by atoms with Gasteiger partial charge in [0.2, 0.25) is 0 Å². The summed E-state index contributed by atoms with van der Waals surface area (Å²) in [5.41, 5.74) is 0. The lowest BCUT2D eigenvalue weighted by Gasteiger charge is -2.27. The zero-order valence-electron chi connectivity index (χ0n) is 4.90. The predicted molar refractivity (Wildman–Crippen MR) is 28.8 cm³/mol. The molecule has 0 radical (unpaired) electrons. The van der Waals surface area contributed by atoms with E-state index in [1.807, 2.05) is 0 Å². The van der Waals surface area contributed by atoms with Gasteiger partial charge in [0.15, 0.2) is 0 Å². The van der Waals surface area contributed by atoms with E-state index in [1.165, 1.54) is 0 Å². The van der Waals surface area contributed by atoms with E-state index in [2.05, 4.69) is 0 Å². The van der Waals surface area contributed by atoms with E-state index in [0.29, 0.717) is 0 Å². The van der Waals surface area contributed by atoms with Gasteiger partial charge in [-0.1, -0.05) is 0 Å². The molecule has 0 aliphatic carbocycles. The number of ether oxygens (including phenoxy) is 1. The molecule has 0 amide bonds.